The third kappa shape index (κ3) is 3.19. The summed E-state index contributed by atoms with van der Waals surface area (Å²) in [5.74, 6) is 1.61. The molecule has 0 atom stereocenters. The molecule has 132 valence electrons. The molecule has 0 unspecified atom stereocenters. The van der Waals surface area contributed by atoms with Crippen LogP contribution in [0.5, 0.6) is 17.2 Å². The molecule has 0 saturated carbocycles. The molecule has 7 nitrogen and oxygen atoms in total. The van der Waals surface area contributed by atoms with Gasteiger partial charge in [-0.25, -0.2) is 0 Å². The van der Waals surface area contributed by atoms with Crippen molar-refractivity contribution in [3.8, 4) is 17.2 Å². The van der Waals surface area contributed by atoms with Gasteiger partial charge in [-0.1, -0.05) is 12.1 Å². The molecule has 2 aromatic carbocycles. The first-order valence-corrected chi connectivity index (χ1v) is 8.09. The molecule has 4 rings (SSSR count). The zero-order chi connectivity index (χ0) is 17.9. The summed E-state index contributed by atoms with van der Waals surface area (Å²) in [6.07, 6.45) is 1.55. The fourth-order valence-corrected chi connectivity index (χ4v) is 2.76. The number of nitrogens with one attached hydrogen (secondary N) is 2. The van der Waals surface area contributed by atoms with E-state index in [2.05, 4.69) is 10.3 Å². The highest BCUT2D eigenvalue weighted by atomic mass is 16.7. The quantitative estimate of drug-likeness (QED) is 0.733. The van der Waals surface area contributed by atoms with Gasteiger partial charge in [-0.2, -0.15) is 0 Å². The predicted molar refractivity (Wildman–Crippen MR) is 94.5 cm³/mol. The third-order valence-corrected chi connectivity index (χ3v) is 4.06. The van der Waals surface area contributed by atoms with Crippen LogP contribution in [0.2, 0.25) is 0 Å². The number of benzene rings is 2. The van der Waals surface area contributed by atoms with Crippen LogP contribution in [0.1, 0.15) is 5.56 Å². The van der Waals surface area contributed by atoms with Crippen molar-refractivity contribution in [2.45, 2.75) is 6.54 Å². The van der Waals surface area contributed by atoms with Gasteiger partial charge < -0.3 is 24.5 Å². The van der Waals surface area contributed by atoms with Crippen LogP contribution in [0.4, 0.5) is 0 Å². The molecular weight excluding hydrogens is 336 g/mol. The highest BCUT2D eigenvalue weighted by molar-refractivity contribution is 5.87. The topological polar surface area (TPSA) is 89.7 Å². The van der Waals surface area contributed by atoms with Crippen LogP contribution in [0.3, 0.4) is 0 Å². The molecule has 1 aromatic heterocycles. The number of carbonyl (C=O) groups excluding carboxylic acids is 1. The molecule has 0 fully saturated rings. The van der Waals surface area contributed by atoms with Gasteiger partial charge in [-0.05, 0) is 35.9 Å². The minimum absolute atomic E-state index is 0.142. The molecule has 2 heterocycles. The van der Waals surface area contributed by atoms with Gasteiger partial charge in [0.25, 0.3) is 11.5 Å². The number of aromatic amines is 1. The number of aromatic nitrogens is 1. The van der Waals surface area contributed by atoms with Crippen molar-refractivity contribution in [1.29, 1.82) is 0 Å². The number of pyridine rings is 1. The molecule has 1 aliphatic heterocycles. The number of rotatable bonds is 5. The zero-order valence-corrected chi connectivity index (χ0v) is 13.8. The summed E-state index contributed by atoms with van der Waals surface area (Å²) < 4.78 is 16.2. The Morgan fingerprint density at radius 2 is 2.00 bits per heavy atom. The lowest BCUT2D eigenvalue weighted by Gasteiger charge is -2.10. The summed E-state index contributed by atoms with van der Waals surface area (Å²) in [4.78, 5) is 26.5. The van der Waals surface area contributed by atoms with Gasteiger partial charge in [0.2, 0.25) is 6.79 Å². The number of amides is 1. The Balaban J connectivity index is 1.37. The summed E-state index contributed by atoms with van der Waals surface area (Å²) in [6, 6.07) is 12.4. The lowest BCUT2D eigenvalue weighted by molar-refractivity contribution is -0.123. The van der Waals surface area contributed by atoms with E-state index in [1.54, 1.807) is 30.5 Å². The average Bonchev–Trinajstić information content (AvgIpc) is 3.13. The number of hydrogen-bond acceptors (Lipinski definition) is 5. The first-order chi connectivity index (χ1) is 12.7. The molecule has 0 aliphatic carbocycles. The van der Waals surface area contributed by atoms with Crippen molar-refractivity contribution in [3.05, 3.63) is 64.6 Å². The minimum atomic E-state index is -0.260. The highest BCUT2D eigenvalue weighted by Gasteiger charge is 2.13. The number of fused-ring (bicyclic) bond motifs is 2. The SMILES string of the molecule is O=C(COc1cccc2c(=O)[nH]ccc12)NCc1ccc2c(c1)OCO2. The summed E-state index contributed by atoms with van der Waals surface area (Å²) in [5.41, 5.74) is 0.708. The van der Waals surface area contributed by atoms with Crippen LogP contribution in [-0.4, -0.2) is 24.3 Å². The van der Waals surface area contributed by atoms with Gasteiger partial charge in [-0.15, -0.1) is 0 Å². The van der Waals surface area contributed by atoms with E-state index in [1.165, 1.54) is 0 Å². The second kappa shape index (κ2) is 6.79. The number of H-pyrrole nitrogens is 1. The van der Waals surface area contributed by atoms with Gasteiger partial charge in [0, 0.05) is 18.1 Å². The largest absolute Gasteiger partial charge is 0.483 e. The Hall–Kier alpha value is -3.48. The van der Waals surface area contributed by atoms with Crippen LogP contribution < -0.4 is 25.1 Å². The van der Waals surface area contributed by atoms with Crippen molar-refractivity contribution >= 4 is 16.7 Å². The number of hydrogen-bond donors (Lipinski definition) is 2. The van der Waals surface area contributed by atoms with E-state index < -0.39 is 0 Å². The van der Waals surface area contributed by atoms with Crippen molar-refractivity contribution in [2.75, 3.05) is 13.4 Å². The van der Waals surface area contributed by atoms with Gasteiger partial charge in [-0.3, -0.25) is 9.59 Å². The standard InChI is InChI=1S/C19H16N2O5/c22-18(21-9-12-4-5-16-17(8-12)26-11-25-16)10-24-15-3-1-2-14-13(15)6-7-20-19(14)23/h1-8H,9-11H2,(H,20,23)(H,21,22). The Bertz CT molecular complexity index is 1030. The molecule has 3 aromatic rings. The second-order valence-corrected chi connectivity index (χ2v) is 5.78. The van der Waals surface area contributed by atoms with Gasteiger partial charge in [0.05, 0.1) is 5.39 Å². The maximum Gasteiger partial charge on any atom is 0.258 e. The summed E-state index contributed by atoms with van der Waals surface area (Å²) in [5, 5.41) is 3.98. The molecule has 7 heteroatoms. The smallest absolute Gasteiger partial charge is 0.258 e. The highest BCUT2D eigenvalue weighted by Crippen LogP contribution is 2.32. The van der Waals surface area contributed by atoms with E-state index in [-0.39, 0.29) is 24.9 Å². The van der Waals surface area contributed by atoms with Crippen LogP contribution in [0, 0.1) is 0 Å². The van der Waals surface area contributed by atoms with Gasteiger partial charge >= 0.3 is 0 Å². The van der Waals surface area contributed by atoms with Crippen LogP contribution >= 0.6 is 0 Å². The van der Waals surface area contributed by atoms with Crippen molar-refractivity contribution < 1.29 is 19.0 Å². The molecule has 0 spiro atoms. The van der Waals surface area contributed by atoms with Crippen molar-refractivity contribution in [2.24, 2.45) is 0 Å². The Labute approximate surface area is 148 Å². The van der Waals surface area contributed by atoms with E-state index >= 15 is 0 Å². The Kier molecular flexibility index (Phi) is 4.18. The van der Waals surface area contributed by atoms with Crippen molar-refractivity contribution in [1.82, 2.24) is 10.3 Å². The molecule has 1 aliphatic rings. The molecule has 2 N–H and O–H groups in total. The minimum Gasteiger partial charge on any atom is -0.483 e. The van der Waals surface area contributed by atoms with Crippen LogP contribution in [-0.2, 0) is 11.3 Å². The van der Waals surface area contributed by atoms with E-state index in [1.807, 2.05) is 18.2 Å². The predicted octanol–water partition coefficient (Wildman–Crippen LogP) is 1.95. The third-order valence-electron chi connectivity index (χ3n) is 4.06. The maximum atomic E-state index is 12.1. The Morgan fingerprint density at radius 3 is 2.92 bits per heavy atom. The van der Waals surface area contributed by atoms with E-state index in [0.717, 1.165) is 5.56 Å². The van der Waals surface area contributed by atoms with E-state index in [4.69, 9.17) is 14.2 Å². The van der Waals surface area contributed by atoms with Crippen molar-refractivity contribution in [3.63, 3.8) is 0 Å². The number of ether oxygens (including phenoxy) is 3. The molecule has 26 heavy (non-hydrogen) atoms. The zero-order valence-electron chi connectivity index (χ0n) is 13.8. The lowest BCUT2D eigenvalue weighted by atomic mass is 10.1. The second-order valence-electron chi connectivity index (χ2n) is 5.78. The normalized spacial score (nSPS) is 12.2. The molecule has 0 bridgehead atoms. The first kappa shape index (κ1) is 16.0. The maximum absolute atomic E-state index is 12.1. The lowest BCUT2D eigenvalue weighted by Crippen LogP contribution is -2.28. The molecule has 0 saturated heterocycles. The molecule has 1 amide bonds. The molecule has 0 radical (unpaired) electrons. The summed E-state index contributed by atoms with van der Waals surface area (Å²) in [6.45, 7) is 0.428. The summed E-state index contributed by atoms with van der Waals surface area (Å²) >= 11 is 0. The first-order valence-electron chi connectivity index (χ1n) is 8.09. The van der Waals surface area contributed by atoms with E-state index in [0.29, 0.717) is 34.6 Å². The van der Waals surface area contributed by atoms with Gasteiger partial charge in [0.1, 0.15) is 5.75 Å². The Morgan fingerprint density at radius 1 is 1.12 bits per heavy atom. The fraction of sp³-hybridized carbons (Fsp3) is 0.158. The van der Waals surface area contributed by atoms with Crippen LogP contribution in [0.25, 0.3) is 10.8 Å². The monoisotopic (exact) mass is 352 g/mol. The molecular formula is C19H16N2O5. The van der Waals surface area contributed by atoms with Gasteiger partial charge in [0.15, 0.2) is 18.1 Å². The number of carbonyl (C=O) groups is 1. The fourth-order valence-electron chi connectivity index (χ4n) is 2.76. The van der Waals surface area contributed by atoms with Crippen LogP contribution in [0.15, 0.2) is 53.5 Å². The average molecular weight is 352 g/mol. The van der Waals surface area contributed by atoms with E-state index in [9.17, 15) is 9.59 Å². The summed E-state index contributed by atoms with van der Waals surface area (Å²) in [7, 11) is 0.